The SMILES string of the molecule is Cc1noc(CC(O)C(C)(C)C)n1. The third kappa shape index (κ3) is 2.81. The van der Waals surface area contributed by atoms with Gasteiger partial charge in [0.2, 0.25) is 5.89 Å². The molecule has 0 saturated carbocycles. The molecule has 1 unspecified atom stereocenters. The molecule has 0 radical (unpaired) electrons. The van der Waals surface area contributed by atoms with Crippen LogP contribution in [0.1, 0.15) is 32.5 Å². The van der Waals surface area contributed by atoms with E-state index in [-0.39, 0.29) is 5.41 Å². The van der Waals surface area contributed by atoms with Crippen molar-refractivity contribution < 1.29 is 9.63 Å². The smallest absolute Gasteiger partial charge is 0.229 e. The van der Waals surface area contributed by atoms with Gasteiger partial charge in [0.05, 0.1) is 12.5 Å². The number of nitrogens with zero attached hydrogens (tertiary/aromatic N) is 2. The van der Waals surface area contributed by atoms with E-state index in [1.54, 1.807) is 6.92 Å². The minimum Gasteiger partial charge on any atom is -0.392 e. The van der Waals surface area contributed by atoms with E-state index in [9.17, 15) is 5.11 Å². The van der Waals surface area contributed by atoms with E-state index in [0.29, 0.717) is 18.1 Å². The minimum atomic E-state index is -0.452. The molecule has 0 bridgehead atoms. The number of aryl methyl sites for hydroxylation is 1. The molecule has 0 fully saturated rings. The summed E-state index contributed by atoms with van der Waals surface area (Å²) in [6.07, 6.45) is -0.0306. The second-order valence-corrected chi connectivity index (χ2v) is 4.32. The van der Waals surface area contributed by atoms with E-state index >= 15 is 0 Å². The standard InChI is InChI=1S/C9H16N2O2/c1-6-10-8(13-11-6)5-7(12)9(2,3)4/h7,12H,5H2,1-4H3. The molecule has 0 saturated heterocycles. The third-order valence-electron chi connectivity index (χ3n) is 1.94. The van der Waals surface area contributed by atoms with Crippen LogP contribution in [0.2, 0.25) is 0 Å². The Morgan fingerprint density at radius 1 is 1.46 bits per heavy atom. The summed E-state index contributed by atoms with van der Waals surface area (Å²) in [7, 11) is 0. The van der Waals surface area contributed by atoms with Crippen LogP contribution in [0.25, 0.3) is 0 Å². The highest BCUT2D eigenvalue weighted by Gasteiger charge is 2.24. The molecule has 1 atom stereocenters. The predicted molar refractivity (Wildman–Crippen MR) is 48.2 cm³/mol. The van der Waals surface area contributed by atoms with Crippen LogP contribution in [-0.4, -0.2) is 21.4 Å². The summed E-state index contributed by atoms with van der Waals surface area (Å²) in [5.74, 6) is 1.11. The lowest BCUT2D eigenvalue weighted by molar-refractivity contribution is 0.0565. The van der Waals surface area contributed by atoms with E-state index in [1.165, 1.54) is 0 Å². The second-order valence-electron chi connectivity index (χ2n) is 4.32. The summed E-state index contributed by atoms with van der Waals surface area (Å²) < 4.78 is 4.91. The van der Waals surface area contributed by atoms with Crippen molar-refractivity contribution in [2.45, 2.75) is 40.2 Å². The van der Waals surface area contributed by atoms with Gasteiger partial charge >= 0.3 is 0 Å². The molecule has 13 heavy (non-hydrogen) atoms. The number of rotatable bonds is 2. The first-order chi connectivity index (χ1) is 5.89. The molecule has 1 aromatic heterocycles. The van der Waals surface area contributed by atoms with Gasteiger partial charge in [0.15, 0.2) is 5.82 Å². The first kappa shape index (κ1) is 10.2. The van der Waals surface area contributed by atoms with Crippen LogP contribution in [0.3, 0.4) is 0 Å². The van der Waals surface area contributed by atoms with E-state index < -0.39 is 6.10 Å². The molecule has 0 amide bonds. The Morgan fingerprint density at radius 3 is 2.46 bits per heavy atom. The fourth-order valence-electron chi connectivity index (χ4n) is 0.895. The fraction of sp³-hybridized carbons (Fsp3) is 0.778. The highest BCUT2D eigenvalue weighted by molar-refractivity contribution is 4.88. The number of aliphatic hydroxyl groups excluding tert-OH is 1. The Bertz CT molecular complexity index is 275. The molecular weight excluding hydrogens is 168 g/mol. The van der Waals surface area contributed by atoms with Gasteiger partial charge < -0.3 is 9.63 Å². The van der Waals surface area contributed by atoms with Crippen LogP contribution >= 0.6 is 0 Å². The molecular formula is C9H16N2O2. The Balaban J connectivity index is 2.60. The van der Waals surface area contributed by atoms with Crippen molar-refractivity contribution in [2.75, 3.05) is 0 Å². The first-order valence-corrected chi connectivity index (χ1v) is 4.37. The lowest BCUT2D eigenvalue weighted by atomic mass is 9.87. The Kier molecular flexibility index (Phi) is 2.71. The maximum absolute atomic E-state index is 9.72. The number of aliphatic hydroxyl groups is 1. The average molecular weight is 184 g/mol. The van der Waals surface area contributed by atoms with Gasteiger partial charge in [-0.2, -0.15) is 4.98 Å². The number of hydrogen-bond acceptors (Lipinski definition) is 4. The van der Waals surface area contributed by atoms with Gasteiger partial charge in [-0.3, -0.25) is 0 Å². The normalized spacial score (nSPS) is 14.5. The van der Waals surface area contributed by atoms with E-state index in [0.717, 1.165) is 0 Å². The minimum absolute atomic E-state index is 0.150. The summed E-state index contributed by atoms with van der Waals surface area (Å²) in [5, 5.41) is 13.4. The molecule has 1 heterocycles. The molecule has 1 N–H and O–H groups in total. The zero-order valence-electron chi connectivity index (χ0n) is 8.53. The second kappa shape index (κ2) is 3.46. The van der Waals surface area contributed by atoms with Crippen molar-refractivity contribution in [1.82, 2.24) is 10.1 Å². The molecule has 0 aromatic carbocycles. The largest absolute Gasteiger partial charge is 0.392 e. The van der Waals surface area contributed by atoms with Crippen molar-refractivity contribution in [2.24, 2.45) is 5.41 Å². The maximum Gasteiger partial charge on any atom is 0.229 e. The van der Waals surface area contributed by atoms with Crippen LogP contribution in [0.5, 0.6) is 0 Å². The maximum atomic E-state index is 9.72. The summed E-state index contributed by atoms with van der Waals surface area (Å²) >= 11 is 0. The summed E-state index contributed by atoms with van der Waals surface area (Å²) in [5.41, 5.74) is -0.150. The molecule has 1 aromatic rings. The molecule has 0 aliphatic rings. The van der Waals surface area contributed by atoms with Gasteiger partial charge in [-0.25, -0.2) is 0 Å². The quantitative estimate of drug-likeness (QED) is 0.753. The van der Waals surface area contributed by atoms with Gasteiger partial charge in [0.1, 0.15) is 0 Å². The van der Waals surface area contributed by atoms with Crippen molar-refractivity contribution in [3.05, 3.63) is 11.7 Å². The van der Waals surface area contributed by atoms with Crippen LogP contribution in [0.15, 0.2) is 4.52 Å². The van der Waals surface area contributed by atoms with Gasteiger partial charge in [0, 0.05) is 0 Å². The fourth-order valence-corrected chi connectivity index (χ4v) is 0.895. The molecule has 0 spiro atoms. The Morgan fingerprint density at radius 2 is 2.08 bits per heavy atom. The highest BCUT2D eigenvalue weighted by atomic mass is 16.5. The Hall–Kier alpha value is -0.900. The third-order valence-corrected chi connectivity index (χ3v) is 1.94. The molecule has 0 aliphatic carbocycles. The van der Waals surface area contributed by atoms with Crippen LogP contribution < -0.4 is 0 Å². The summed E-state index contributed by atoms with van der Waals surface area (Å²) in [4.78, 5) is 4.03. The monoisotopic (exact) mass is 184 g/mol. The number of aromatic nitrogens is 2. The molecule has 0 aliphatic heterocycles. The van der Waals surface area contributed by atoms with Gasteiger partial charge in [0.25, 0.3) is 0 Å². The summed E-state index contributed by atoms with van der Waals surface area (Å²) in [6.45, 7) is 7.68. The van der Waals surface area contributed by atoms with E-state index in [1.807, 2.05) is 20.8 Å². The van der Waals surface area contributed by atoms with Gasteiger partial charge in [-0.1, -0.05) is 25.9 Å². The zero-order chi connectivity index (χ0) is 10.1. The van der Waals surface area contributed by atoms with Crippen LogP contribution in [0, 0.1) is 12.3 Å². The van der Waals surface area contributed by atoms with Gasteiger partial charge in [-0.05, 0) is 12.3 Å². The zero-order valence-corrected chi connectivity index (χ0v) is 8.53. The van der Waals surface area contributed by atoms with Crippen LogP contribution in [0.4, 0.5) is 0 Å². The molecule has 4 nitrogen and oxygen atoms in total. The average Bonchev–Trinajstić information content (AvgIpc) is 2.33. The Labute approximate surface area is 78.0 Å². The van der Waals surface area contributed by atoms with Crippen molar-refractivity contribution in [3.63, 3.8) is 0 Å². The lowest BCUT2D eigenvalue weighted by Crippen LogP contribution is -2.28. The predicted octanol–water partition coefficient (Wildman–Crippen LogP) is 1.33. The highest BCUT2D eigenvalue weighted by Crippen LogP contribution is 2.21. The molecule has 74 valence electrons. The van der Waals surface area contributed by atoms with E-state index in [2.05, 4.69) is 10.1 Å². The van der Waals surface area contributed by atoms with Crippen molar-refractivity contribution in [1.29, 1.82) is 0 Å². The van der Waals surface area contributed by atoms with E-state index in [4.69, 9.17) is 4.52 Å². The molecule has 1 rings (SSSR count). The van der Waals surface area contributed by atoms with Crippen molar-refractivity contribution in [3.8, 4) is 0 Å². The first-order valence-electron chi connectivity index (χ1n) is 4.37. The van der Waals surface area contributed by atoms with Gasteiger partial charge in [-0.15, -0.1) is 0 Å². The van der Waals surface area contributed by atoms with Crippen LogP contribution in [-0.2, 0) is 6.42 Å². The summed E-state index contributed by atoms with van der Waals surface area (Å²) in [6, 6.07) is 0. The molecule has 4 heteroatoms. The lowest BCUT2D eigenvalue weighted by Gasteiger charge is -2.24. The number of hydrogen-bond donors (Lipinski definition) is 1. The topological polar surface area (TPSA) is 59.2 Å². The van der Waals surface area contributed by atoms with Crippen molar-refractivity contribution >= 4 is 0 Å².